The van der Waals surface area contributed by atoms with Crippen LogP contribution in [0.3, 0.4) is 0 Å². The molecule has 0 atom stereocenters. The molecule has 0 fully saturated rings. The summed E-state index contributed by atoms with van der Waals surface area (Å²) < 4.78 is 0. The lowest BCUT2D eigenvalue weighted by Crippen LogP contribution is -2.19. The first kappa shape index (κ1) is 6.84. The van der Waals surface area contributed by atoms with Crippen LogP contribution in [0, 0.1) is 0 Å². The van der Waals surface area contributed by atoms with Crippen LogP contribution in [0.2, 0.25) is 0 Å². The van der Waals surface area contributed by atoms with Crippen LogP contribution in [-0.4, -0.2) is 15.8 Å². The molecule has 0 radical (unpaired) electrons. The molecule has 0 aromatic carbocycles. The molecule has 0 unspecified atom stereocenters. The zero-order valence-electron chi connectivity index (χ0n) is 6.36. The number of nitrogens with one attached hydrogen (secondary N) is 2. The Hall–Kier alpha value is -1.84. The van der Waals surface area contributed by atoms with E-state index in [1.807, 2.05) is 18.4 Å². The molecule has 0 amide bonds. The molecule has 0 spiro atoms. The maximum atomic E-state index is 4.13. The summed E-state index contributed by atoms with van der Waals surface area (Å²) in [4.78, 5) is 11.2. The summed E-state index contributed by atoms with van der Waals surface area (Å²) in [6, 6.07) is 0. The van der Waals surface area contributed by atoms with Crippen LogP contribution in [0.15, 0.2) is 41.9 Å². The van der Waals surface area contributed by atoms with Gasteiger partial charge in [0.15, 0.2) is 11.7 Å². The normalized spacial score (nSPS) is 15.2. The van der Waals surface area contributed by atoms with Crippen molar-refractivity contribution in [3.05, 3.63) is 42.8 Å². The summed E-state index contributed by atoms with van der Waals surface area (Å²) in [5.74, 6) is 1.47. The number of H-pyrrole nitrogens is 1. The van der Waals surface area contributed by atoms with E-state index < -0.39 is 0 Å². The first-order valence-corrected chi connectivity index (χ1v) is 3.62. The van der Waals surface area contributed by atoms with Gasteiger partial charge in [-0.25, -0.2) is 9.98 Å². The highest BCUT2D eigenvalue weighted by Crippen LogP contribution is 1.94. The van der Waals surface area contributed by atoms with Crippen molar-refractivity contribution in [3.63, 3.8) is 0 Å². The van der Waals surface area contributed by atoms with Gasteiger partial charge >= 0.3 is 0 Å². The molecule has 0 bridgehead atoms. The van der Waals surface area contributed by atoms with E-state index in [2.05, 4.69) is 20.3 Å². The van der Waals surface area contributed by atoms with Crippen molar-refractivity contribution in [2.75, 3.05) is 0 Å². The minimum absolute atomic E-state index is 0.727. The Kier molecular flexibility index (Phi) is 1.74. The minimum atomic E-state index is 0.727. The Morgan fingerprint density at radius 1 is 1.25 bits per heavy atom. The highest BCUT2D eigenvalue weighted by molar-refractivity contribution is 5.96. The van der Waals surface area contributed by atoms with E-state index in [-0.39, 0.29) is 0 Å². The van der Waals surface area contributed by atoms with Gasteiger partial charge in [-0.05, 0) is 12.2 Å². The van der Waals surface area contributed by atoms with Gasteiger partial charge in [0.1, 0.15) is 0 Å². The summed E-state index contributed by atoms with van der Waals surface area (Å²) in [7, 11) is 0. The van der Waals surface area contributed by atoms with Crippen LogP contribution in [0.4, 0.5) is 0 Å². The zero-order valence-corrected chi connectivity index (χ0v) is 6.36. The largest absolute Gasteiger partial charge is 0.344 e. The van der Waals surface area contributed by atoms with Crippen molar-refractivity contribution in [2.24, 2.45) is 4.99 Å². The molecule has 2 N–H and O–H groups in total. The summed E-state index contributed by atoms with van der Waals surface area (Å²) in [5.41, 5.74) is 0. The quantitative estimate of drug-likeness (QED) is 0.638. The van der Waals surface area contributed by atoms with Gasteiger partial charge in [0, 0.05) is 24.8 Å². The highest BCUT2D eigenvalue weighted by atomic mass is 15.0. The smallest absolute Gasteiger partial charge is 0.173 e. The SMILES string of the molecule is C1=CN=C(c2ncc[nH]2)NC=C1. The lowest BCUT2D eigenvalue weighted by Gasteiger charge is -1.98. The molecule has 2 heterocycles. The molecule has 60 valence electrons. The number of aromatic nitrogens is 2. The lowest BCUT2D eigenvalue weighted by atomic mass is 10.5. The summed E-state index contributed by atoms with van der Waals surface area (Å²) in [5, 5.41) is 3.00. The molecule has 1 aromatic rings. The fourth-order valence-electron chi connectivity index (χ4n) is 0.911. The van der Waals surface area contributed by atoms with Crippen molar-refractivity contribution in [3.8, 4) is 0 Å². The topological polar surface area (TPSA) is 53.1 Å². The maximum absolute atomic E-state index is 4.13. The van der Waals surface area contributed by atoms with Gasteiger partial charge in [-0.2, -0.15) is 0 Å². The standard InChI is InChI=1S/C8H8N4/c1-2-4-10-7(9-3-1)8-11-5-6-12-8/h1-6H,(H,9,10)(H,11,12). The number of amidine groups is 1. The average molecular weight is 160 g/mol. The number of aromatic amines is 1. The number of hydrogen-bond donors (Lipinski definition) is 2. The number of rotatable bonds is 1. The van der Waals surface area contributed by atoms with Crippen molar-refractivity contribution in [1.82, 2.24) is 15.3 Å². The molecular formula is C8H8N4. The number of allylic oxidation sites excluding steroid dienone is 2. The van der Waals surface area contributed by atoms with E-state index >= 15 is 0 Å². The first-order valence-electron chi connectivity index (χ1n) is 3.62. The van der Waals surface area contributed by atoms with Crippen LogP contribution in [0.25, 0.3) is 0 Å². The average Bonchev–Trinajstić information content (AvgIpc) is 2.48. The van der Waals surface area contributed by atoms with Gasteiger partial charge in [0.25, 0.3) is 0 Å². The van der Waals surface area contributed by atoms with Crippen molar-refractivity contribution in [2.45, 2.75) is 0 Å². The Labute approximate surface area is 69.7 Å². The minimum Gasteiger partial charge on any atom is -0.344 e. The molecule has 1 aliphatic heterocycles. The molecule has 0 aliphatic carbocycles. The van der Waals surface area contributed by atoms with Gasteiger partial charge in [-0.3, -0.25) is 0 Å². The fraction of sp³-hybridized carbons (Fsp3) is 0. The summed E-state index contributed by atoms with van der Waals surface area (Å²) in [6.45, 7) is 0. The molecular weight excluding hydrogens is 152 g/mol. The van der Waals surface area contributed by atoms with Crippen LogP contribution in [0.5, 0.6) is 0 Å². The third-order valence-electron chi connectivity index (χ3n) is 1.44. The summed E-state index contributed by atoms with van der Waals surface area (Å²) >= 11 is 0. The van der Waals surface area contributed by atoms with Gasteiger partial charge < -0.3 is 10.3 Å². The molecule has 0 saturated heterocycles. The molecule has 0 saturated carbocycles. The van der Waals surface area contributed by atoms with Gasteiger partial charge in [-0.15, -0.1) is 0 Å². The lowest BCUT2D eigenvalue weighted by molar-refractivity contribution is 1.16. The van der Waals surface area contributed by atoms with Crippen LogP contribution >= 0.6 is 0 Å². The van der Waals surface area contributed by atoms with Gasteiger partial charge in [-0.1, -0.05) is 0 Å². The second kappa shape index (κ2) is 3.04. The van der Waals surface area contributed by atoms with E-state index in [1.165, 1.54) is 0 Å². The van der Waals surface area contributed by atoms with Crippen LogP contribution in [0.1, 0.15) is 5.82 Å². The Bertz CT molecular complexity index is 332. The van der Waals surface area contributed by atoms with Crippen molar-refractivity contribution < 1.29 is 0 Å². The maximum Gasteiger partial charge on any atom is 0.173 e. The molecule has 4 nitrogen and oxygen atoms in total. The highest BCUT2D eigenvalue weighted by Gasteiger charge is 2.02. The molecule has 12 heavy (non-hydrogen) atoms. The van der Waals surface area contributed by atoms with Crippen LogP contribution in [-0.2, 0) is 0 Å². The summed E-state index contributed by atoms with van der Waals surface area (Å²) in [6.07, 6.45) is 10.7. The predicted octanol–water partition coefficient (Wildman–Crippen LogP) is 0.787. The van der Waals surface area contributed by atoms with Gasteiger partial charge in [0.05, 0.1) is 0 Å². The molecule has 4 heteroatoms. The Morgan fingerprint density at radius 3 is 3.08 bits per heavy atom. The molecule has 1 aliphatic rings. The first-order chi connectivity index (χ1) is 5.97. The Balaban J connectivity index is 2.30. The Morgan fingerprint density at radius 2 is 2.25 bits per heavy atom. The monoisotopic (exact) mass is 160 g/mol. The number of imidazole rings is 1. The van der Waals surface area contributed by atoms with Crippen LogP contribution < -0.4 is 5.32 Å². The van der Waals surface area contributed by atoms with E-state index in [4.69, 9.17) is 0 Å². The second-order valence-electron chi connectivity index (χ2n) is 2.26. The van der Waals surface area contributed by atoms with E-state index in [1.54, 1.807) is 18.6 Å². The third kappa shape index (κ3) is 1.27. The molecule has 2 rings (SSSR count). The third-order valence-corrected chi connectivity index (χ3v) is 1.44. The zero-order chi connectivity index (χ0) is 8.23. The molecule has 1 aromatic heterocycles. The van der Waals surface area contributed by atoms with E-state index in [0.29, 0.717) is 0 Å². The van der Waals surface area contributed by atoms with E-state index in [9.17, 15) is 0 Å². The number of aliphatic imine (C=N–C) groups is 1. The van der Waals surface area contributed by atoms with Crippen molar-refractivity contribution in [1.29, 1.82) is 0 Å². The number of hydrogen-bond acceptors (Lipinski definition) is 3. The van der Waals surface area contributed by atoms with Crippen molar-refractivity contribution >= 4 is 5.84 Å². The predicted molar refractivity (Wildman–Crippen MR) is 46.5 cm³/mol. The fourth-order valence-corrected chi connectivity index (χ4v) is 0.911. The number of nitrogens with zero attached hydrogens (tertiary/aromatic N) is 2. The van der Waals surface area contributed by atoms with E-state index in [0.717, 1.165) is 11.7 Å². The second-order valence-corrected chi connectivity index (χ2v) is 2.26. The van der Waals surface area contributed by atoms with Gasteiger partial charge in [0.2, 0.25) is 0 Å².